The number of halogens is 1. The number of nitrogens with zero attached hydrogens (tertiary/aromatic N) is 1. The summed E-state index contributed by atoms with van der Waals surface area (Å²) < 4.78 is 6.61. The fraction of sp³-hybridized carbons (Fsp3) is 0.714. The third-order valence-corrected chi connectivity index (χ3v) is 4.03. The Morgan fingerprint density at radius 2 is 2.39 bits per heavy atom. The molecule has 3 nitrogen and oxygen atoms in total. The zero-order valence-electron chi connectivity index (χ0n) is 11.3. The van der Waals surface area contributed by atoms with E-state index in [1.807, 2.05) is 6.07 Å². The van der Waals surface area contributed by atoms with E-state index in [0.717, 1.165) is 29.9 Å². The maximum Gasteiger partial charge on any atom is 0.131 e. The predicted molar refractivity (Wildman–Crippen MR) is 77.5 cm³/mol. The second kappa shape index (κ2) is 6.73. The molecule has 0 amide bonds. The summed E-state index contributed by atoms with van der Waals surface area (Å²) in [5.74, 6) is 1.72. The van der Waals surface area contributed by atoms with Crippen molar-refractivity contribution in [3.63, 3.8) is 0 Å². The molecule has 0 aliphatic carbocycles. The molecule has 18 heavy (non-hydrogen) atoms. The van der Waals surface area contributed by atoms with Gasteiger partial charge in [-0.05, 0) is 47.3 Å². The van der Waals surface area contributed by atoms with E-state index < -0.39 is 0 Å². The van der Waals surface area contributed by atoms with Gasteiger partial charge in [0, 0.05) is 19.1 Å². The molecule has 1 fully saturated rings. The fourth-order valence-corrected chi connectivity index (χ4v) is 2.91. The molecule has 0 spiro atoms. The van der Waals surface area contributed by atoms with Crippen molar-refractivity contribution in [2.75, 3.05) is 19.6 Å². The van der Waals surface area contributed by atoms with E-state index in [9.17, 15) is 0 Å². The molecule has 2 heterocycles. The summed E-state index contributed by atoms with van der Waals surface area (Å²) in [4.78, 5) is 2.50. The largest absolute Gasteiger partial charge is 0.467 e. The molecule has 0 radical (unpaired) electrons. The SMILES string of the molecule is CC(C)CN(Cc1occc1Br)CC1CCCN1. The highest BCUT2D eigenvalue weighted by atomic mass is 79.9. The summed E-state index contributed by atoms with van der Waals surface area (Å²) in [7, 11) is 0. The quantitative estimate of drug-likeness (QED) is 0.873. The maximum absolute atomic E-state index is 5.53. The van der Waals surface area contributed by atoms with Crippen molar-refractivity contribution in [1.29, 1.82) is 0 Å². The van der Waals surface area contributed by atoms with Gasteiger partial charge in [0.05, 0.1) is 17.3 Å². The molecule has 0 aromatic carbocycles. The first-order valence-electron chi connectivity index (χ1n) is 6.82. The van der Waals surface area contributed by atoms with Gasteiger partial charge < -0.3 is 9.73 Å². The van der Waals surface area contributed by atoms with Crippen LogP contribution in [0.5, 0.6) is 0 Å². The molecule has 1 N–H and O–H groups in total. The summed E-state index contributed by atoms with van der Waals surface area (Å²) in [5.41, 5.74) is 0. The average molecular weight is 315 g/mol. The molecule has 2 rings (SSSR count). The van der Waals surface area contributed by atoms with Gasteiger partial charge in [-0.25, -0.2) is 0 Å². The summed E-state index contributed by atoms with van der Waals surface area (Å²) in [5, 5.41) is 3.57. The van der Waals surface area contributed by atoms with Crippen molar-refractivity contribution in [1.82, 2.24) is 10.2 Å². The monoisotopic (exact) mass is 314 g/mol. The molecule has 1 saturated heterocycles. The van der Waals surface area contributed by atoms with E-state index >= 15 is 0 Å². The maximum atomic E-state index is 5.53. The highest BCUT2D eigenvalue weighted by Crippen LogP contribution is 2.20. The van der Waals surface area contributed by atoms with Crippen LogP contribution in [-0.4, -0.2) is 30.6 Å². The smallest absolute Gasteiger partial charge is 0.131 e. The van der Waals surface area contributed by atoms with E-state index in [-0.39, 0.29) is 0 Å². The molecule has 0 bridgehead atoms. The molecule has 1 unspecified atom stereocenters. The lowest BCUT2D eigenvalue weighted by atomic mass is 10.1. The van der Waals surface area contributed by atoms with Crippen LogP contribution < -0.4 is 5.32 Å². The van der Waals surface area contributed by atoms with Crippen molar-refractivity contribution < 1.29 is 4.42 Å². The van der Waals surface area contributed by atoms with E-state index in [2.05, 4.69) is 40.0 Å². The van der Waals surface area contributed by atoms with Crippen LogP contribution in [0.1, 0.15) is 32.4 Å². The van der Waals surface area contributed by atoms with Crippen LogP contribution in [0.3, 0.4) is 0 Å². The summed E-state index contributed by atoms with van der Waals surface area (Å²) in [6.07, 6.45) is 4.36. The van der Waals surface area contributed by atoms with Gasteiger partial charge >= 0.3 is 0 Å². The minimum atomic E-state index is 0.650. The van der Waals surface area contributed by atoms with Gasteiger partial charge in [-0.1, -0.05) is 13.8 Å². The molecule has 1 aromatic heterocycles. The number of hydrogen-bond donors (Lipinski definition) is 1. The van der Waals surface area contributed by atoms with Crippen LogP contribution in [0.15, 0.2) is 21.2 Å². The van der Waals surface area contributed by atoms with Crippen molar-refractivity contribution in [3.05, 3.63) is 22.6 Å². The van der Waals surface area contributed by atoms with Gasteiger partial charge in [0.15, 0.2) is 0 Å². The third kappa shape index (κ3) is 4.11. The molecular weight excluding hydrogens is 292 g/mol. The van der Waals surface area contributed by atoms with E-state index in [0.29, 0.717) is 12.0 Å². The van der Waals surface area contributed by atoms with Crippen molar-refractivity contribution >= 4 is 15.9 Å². The molecule has 1 atom stereocenters. The van der Waals surface area contributed by atoms with Gasteiger partial charge in [-0.15, -0.1) is 0 Å². The Balaban J connectivity index is 1.93. The van der Waals surface area contributed by atoms with E-state index in [4.69, 9.17) is 4.42 Å². The number of furan rings is 1. The zero-order chi connectivity index (χ0) is 13.0. The highest BCUT2D eigenvalue weighted by molar-refractivity contribution is 9.10. The Hall–Kier alpha value is -0.320. The summed E-state index contributed by atoms with van der Waals surface area (Å²) in [6.45, 7) is 8.84. The predicted octanol–water partition coefficient (Wildman–Crippen LogP) is 3.25. The minimum absolute atomic E-state index is 0.650. The lowest BCUT2D eigenvalue weighted by Gasteiger charge is -2.26. The molecule has 4 heteroatoms. The number of nitrogens with one attached hydrogen (secondary N) is 1. The van der Waals surface area contributed by atoms with E-state index in [1.165, 1.54) is 19.4 Å². The van der Waals surface area contributed by atoms with Crippen molar-refractivity contribution in [2.45, 2.75) is 39.3 Å². The first kappa shape index (κ1) is 14.1. The Kier molecular flexibility index (Phi) is 5.27. The van der Waals surface area contributed by atoms with Crippen LogP contribution in [0, 0.1) is 5.92 Å². The lowest BCUT2D eigenvalue weighted by Crippen LogP contribution is -2.38. The van der Waals surface area contributed by atoms with Crippen molar-refractivity contribution in [3.8, 4) is 0 Å². The normalized spacial score (nSPS) is 20.2. The fourth-order valence-electron chi connectivity index (χ4n) is 2.59. The molecule has 102 valence electrons. The van der Waals surface area contributed by atoms with Gasteiger partial charge in [-0.2, -0.15) is 0 Å². The topological polar surface area (TPSA) is 28.4 Å². The van der Waals surface area contributed by atoms with Gasteiger partial charge in [0.1, 0.15) is 5.76 Å². The van der Waals surface area contributed by atoms with E-state index in [1.54, 1.807) is 6.26 Å². The molecule has 1 aromatic rings. The minimum Gasteiger partial charge on any atom is -0.467 e. The van der Waals surface area contributed by atoms with Crippen molar-refractivity contribution in [2.24, 2.45) is 5.92 Å². The third-order valence-electron chi connectivity index (χ3n) is 3.32. The Labute approximate surface area is 118 Å². The summed E-state index contributed by atoms with van der Waals surface area (Å²) >= 11 is 3.54. The molecule has 0 saturated carbocycles. The Morgan fingerprint density at radius 3 is 2.94 bits per heavy atom. The molecular formula is C14H23BrN2O. The van der Waals surface area contributed by atoms with Crippen LogP contribution in [0.25, 0.3) is 0 Å². The van der Waals surface area contributed by atoms with Crippen LogP contribution >= 0.6 is 15.9 Å². The highest BCUT2D eigenvalue weighted by Gasteiger charge is 2.20. The van der Waals surface area contributed by atoms with Gasteiger partial charge in [0.25, 0.3) is 0 Å². The lowest BCUT2D eigenvalue weighted by molar-refractivity contribution is 0.200. The summed E-state index contributed by atoms with van der Waals surface area (Å²) in [6, 6.07) is 2.62. The zero-order valence-corrected chi connectivity index (χ0v) is 12.9. The van der Waals surface area contributed by atoms with Gasteiger partial charge in [-0.3, -0.25) is 4.90 Å². The Bertz CT molecular complexity index is 358. The van der Waals surface area contributed by atoms with Crippen LogP contribution in [0.2, 0.25) is 0 Å². The van der Waals surface area contributed by atoms with Crippen LogP contribution in [0.4, 0.5) is 0 Å². The second-order valence-corrected chi connectivity index (χ2v) is 6.43. The number of rotatable bonds is 6. The standard InChI is InChI=1S/C14H23BrN2O/c1-11(2)8-17(9-12-4-3-6-16-12)10-14-13(15)5-7-18-14/h5,7,11-12,16H,3-4,6,8-10H2,1-2H3. The second-order valence-electron chi connectivity index (χ2n) is 5.57. The Morgan fingerprint density at radius 1 is 1.56 bits per heavy atom. The molecule has 1 aliphatic heterocycles. The number of hydrogen-bond acceptors (Lipinski definition) is 3. The average Bonchev–Trinajstić information content (AvgIpc) is 2.91. The van der Waals surface area contributed by atoms with Gasteiger partial charge in [0.2, 0.25) is 0 Å². The molecule has 1 aliphatic rings. The first-order valence-corrected chi connectivity index (χ1v) is 7.62. The first-order chi connectivity index (χ1) is 8.65. The van der Waals surface area contributed by atoms with Crippen LogP contribution in [-0.2, 0) is 6.54 Å².